The number of benzene rings is 2. The van der Waals surface area contributed by atoms with Gasteiger partial charge < -0.3 is 14.8 Å². The van der Waals surface area contributed by atoms with E-state index in [0.29, 0.717) is 18.7 Å². The molecule has 1 amide bonds. The van der Waals surface area contributed by atoms with Gasteiger partial charge in [-0.25, -0.2) is 13.1 Å². The molecule has 0 saturated heterocycles. The van der Waals surface area contributed by atoms with Crippen LogP contribution >= 0.6 is 0 Å². The van der Waals surface area contributed by atoms with Crippen LogP contribution in [0.4, 0.5) is 0 Å². The molecule has 0 aliphatic rings. The lowest BCUT2D eigenvalue weighted by Gasteiger charge is -2.19. The molecule has 2 aromatic rings. The summed E-state index contributed by atoms with van der Waals surface area (Å²) in [5.41, 5.74) is 1.93. The molecule has 0 unspecified atom stereocenters. The summed E-state index contributed by atoms with van der Waals surface area (Å²) < 4.78 is 39.2. The van der Waals surface area contributed by atoms with Gasteiger partial charge in [0.2, 0.25) is 10.0 Å². The number of rotatable bonds is 9. The largest absolute Gasteiger partial charge is 0.496 e. The van der Waals surface area contributed by atoms with Crippen molar-refractivity contribution < 1.29 is 22.7 Å². The van der Waals surface area contributed by atoms with E-state index in [1.165, 1.54) is 25.3 Å². The Morgan fingerprint density at radius 1 is 1.03 bits per heavy atom. The van der Waals surface area contributed by atoms with Gasteiger partial charge in [-0.2, -0.15) is 0 Å². The molecule has 0 heterocycles. The van der Waals surface area contributed by atoms with Crippen molar-refractivity contribution in [1.82, 2.24) is 10.0 Å². The van der Waals surface area contributed by atoms with Crippen molar-refractivity contribution in [3.63, 3.8) is 0 Å². The number of aryl methyl sites for hydroxylation is 1. The zero-order chi connectivity index (χ0) is 21.6. The number of hydrogen-bond acceptors (Lipinski definition) is 5. The molecule has 0 bridgehead atoms. The zero-order valence-electron chi connectivity index (χ0n) is 17.4. The minimum atomic E-state index is -3.86. The first-order valence-corrected chi connectivity index (χ1v) is 10.9. The maximum Gasteiger partial charge on any atom is 0.255 e. The number of ether oxygens (including phenoxy) is 2. The number of methoxy groups -OCH3 is 2. The highest BCUT2D eigenvalue weighted by Crippen LogP contribution is 2.27. The van der Waals surface area contributed by atoms with Crippen molar-refractivity contribution in [2.24, 2.45) is 0 Å². The third-order valence-corrected chi connectivity index (χ3v) is 6.06. The summed E-state index contributed by atoms with van der Waals surface area (Å²) in [5.74, 6) is 0.667. The zero-order valence-corrected chi connectivity index (χ0v) is 18.2. The smallest absolute Gasteiger partial charge is 0.255 e. The van der Waals surface area contributed by atoms with Crippen LogP contribution in [0.15, 0.2) is 41.3 Å². The predicted molar refractivity (Wildman–Crippen MR) is 112 cm³/mol. The molecule has 0 saturated carbocycles. The van der Waals surface area contributed by atoms with Crippen molar-refractivity contribution in [1.29, 1.82) is 0 Å². The van der Waals surface area contributed by atoms with Crippen molar-refractivity contribution in [2.75, 3.05) is 20.8 Å². The Morgan fingerprint density at radius 2 is 1.69 bits per heavy atom. The first kappa shape index (κ1) is 22.7. The lowest BCUT2D eigenvalue weighted by molar-refractivity contribution is 0.0952. The lowest BCUT2D eigenvalue weighted by atomic mass is 10.0. The Morgan fingerprint density at radius 3 is 2.24 bits per heavy atom. The van der Waals surface area contributed by atoms with Crippen LogP contribution < -0.4 is 19.5 Å². The second-order valence-electron chi connectivity index (χ2n) is 6.53. The normalized spacial score (nSPS) is 12.3. The van der Waals surface area contributed by atoms with Crippen LogP contribution in [0.1, 0.15) is 47.8 Å². The van der Waals surface area contributed by atoms with Crippen LogP contribution in [0.3, 0.4) is 0 Å². The Bertz CT molecular complexity index is 973. The van der Waals surface area contributed by atoms with Crippen molar-refractivity contribution in [3.8, 4) is 11.5 Å². The summed E-state index contributed by atoms with van der Waals surface area (Å²) in [6.07, 6.45) is 0.560. The Kier molecular flexibility index (Phi) is 7.64. The molecule has 0 radical (unpaired) electrons. The molecule has 2 aromatic carbocycles. The van der Waals surface area contributed by atoms with E-state index in [1.807, 2.05) is 32.0 Å². The molecule has 29 heavy (non-hydrogen) atoms. The lowest BCUT2D eigenvalue weighted by Crippen LogP contribution is -2.29. The molecule has 2 N–H and O–H groups in total. The van der Waals surface area contributed by atoms with Gasteiger partial charge in [0.25, 0.3) is 5.91 Å². The molecule has 0 aliphatic heterocycles. The minimum absolute atomic E-state index is 0.00300. The van der Waals surface area contributed by atoms with E-state index in [-0.39, 0.29) is 16.4 Å². The minimum Gasteiger partial charge on any atom is -0.496 e. The maximum atomic E-state index is 13.0. The third kappa shape index (κ3) is 5.27. The molecule has 1 atom stereocenters. The van der Waals surface area contributed by atoms with Crippen LogP contribution in [0.2, 0.25) is 0 Å². The van der Waals surface area contributed by atoms with E-state index < -0.39 is 16.1 Å². The molecular formula is C21H28N2O5S. The Labute approximate surface area is 172 Å². The van der Waals surface area contributed by atoms with E-state index in [4.69, 9.17) is 9.47 Å². The summed E-state index contributed by atoms with van der Waals surface area (Å²) in [7, 11) is -0.832. The highest BCUT2D eigenvalue weighted by molar-refractivity contribution is 7.89. The van der Waals surface area contributed by atoms with Crippen LogP contribution in [0.5, 0.6) is 11.5 Å². The molecule has 2 rings (SSSR count). The van der Waals surface area contributed by atoms with E-state index in [9.17, 15) is 13.2 Å². The molecule has 158 valence electrons. The maximum absolute atomic E-state index is 13.0. The van der Waals surface area contributed by atoms with Gasteiger partial charge in [-0.1, -0.05) is 19.1 Å². The second kappa shape index (κ2) is 9.76. The van der Waals surface area contributed by atoms with Crippen LogP contribution in [0, 0.1) is 6.92 Å². The van der Waals surface area contributed by atoms with Crippen LogP contribution in [-0.4, -0.2) is 35.1 Å². The topological polar surface area (TPSA) is 93.7 Å². The number of nitrogens with one attached hydrogen (secondary N) is 2. The van der Waals surface area contributed by atoms with E-state index in [1.54, 1.807) is 14.0 Å². The van der Waals surface area contributed by atoms with Crippen molar-refractivity contribution in [3.05, 3.63) is 53.1 Å². The van der Waals surface area contributed by atoms with Gasteiger partial charge in [0.1, 0.15) is 11.5 Å². The standard InChI is InChI=1S/C21H28N2O5S/c1-6-18(15-8-10-19(27-4)14(3)12-15)23-29(25,26)16-9-11-20(28-5)17(13-16)21(24)22-7-2/h8-13,18,23H,6-7H2,1-5H3,(H,22,24)/t18-/m0/s1. The van der Waals surface area contributed by atoms with Gasteiger partial charge in [0.15, 0.2) is 0 Å². The highest BCUT2D eigenvalue weighted by atomic mass is 32.2. The average molecular weight is 421 g/mol. The van der Waals surface area contributed by atoms with Crippen molar-refractivity contribution in [2.45, 2.75) is 38.1 Å². The fourth-order valence-electron chi connectivity index (χ4n) is 3.05. The number of hydrogen-bond donors (Lipinski definition) is 2. The molecule has 7 nitrogen and oxygen atoms in total. The van der Waals surface area contributed by atoms with Gasteiger partial charge in [0.05, 0.1) is 24.7 Å². The summed E-state index contributed by atoms with van der Waals surface area (Å²) in [6, 6.07) is 9.40. The fraction of sp³-hybridized carbons (Fsp3) is 0.381. The summed E-state index contributed by atoms with van der Waals surface area (Å²) in [6.45, 7) is 6.02. The van der Waals surface area contributed by atoms with Gasteiger partial charge in [0, 0.05) is 12.6 Å². The number of carbonyl (C=O) groups excluding carboxylic acids is 1. The molecule has 0 aliphatic carbocycles. The third-order valence-electron chi connectivity index (χ3n) is 4.59. The highest BCUT2D eigenvalue weighted by Gasteiger charge is 2.23. The fourth-order valence-corrected chi connectivity index (χ4v) is 4.38. The summed E-state index contributed by atoms with van der Waals surface area (Å²) in [4.78, 5) is 12.3. The first-order chi connectivity index (χ1) is 13.8. The van der Waals surface area contributed by atoms with Crippen LogP contribution in [0.25, 0.3) is 0 Å². The number of amides is 1. The average Bonchev–Trinajstić information content (AvgIpc) is 2.71. The van der Waals surface area contributed by atoms with Gasteiger partial charge in [-0.15, -0.1) is 0 Å². The molecular weight excluding hydrogens is 392 g/mol. The number of sulfonamides is 1. The van der Waals surface area contributed by atoms with Gasteiger partial charge in [-0.05, 0) is 55.7 Å². The van der Waals surface area contributed by atoms with E-state index >= 15 is 0 Å². The molecule has 0 aromatic heterocycles. The molecule has 0 spiro atoms. The second-order valence-corrected chi connectivity index (χ2v) is 8.25. The quantitative estimate of drug-likeness (QED) is 0.650. The Hall–Kier alpha value is -2.58. The van der Waals surface area contributed by atoms with Crippen LogP contribution in [-0.2, 0) is 10.0 Å². The van der Waals surface area contributed by atoms with E-state index in [2.05, 4.69) is 10.0 Å². The molecule has 0 fully saturated rings. The summed E-state index contributed by atoms with van der Waals surface area (Å²) >= 11 is 0. The predicted octanol–water partition coefficient (Wildman–Crippen LogP) is 3.19. The van der Waals surface area contributed by atoms with E-state index in [0.717, 1.165) is 16.9 Å². The van der Waals surface area contributed by atoms with Gasteiger partial charge >= 0.3 is 0 Å². The Balaban J connectivity index is 2.37. The SMILES string of the molecule is CCNC(=O)c1cc(S(=O)(=O)N[C@@H](CC)c2ccc(OC)c(C)c2)ccc1OC. The number of carbonyl (C=O) groups is 1. The van der Waals surface area contributed by atoms with Gasteiger partial charge in [-0.3, -0.25) is 4.79 Å². The monoisotopic (exact) mass is 420 g/mol. The first-order valence-electron chi connectivity index (χ1n) is 9.40. The van der Waals surface area contributed by atoms with Crippen molar-refractivity contribution >= 4 is 15.9 Å². The molecule has 8 heteroatoms. The summed E-state index contributed by atoms with van der Waals surface area (Å²) in [5, 5.41) is 2.66.